The zero-order chi connectivity index (χ0) is 14.5. The summed E-state index contributed by atoms with van der Waals surface area (Å²) in [7, 11) is 0. The molecule has 1 aromatic heterocycles. The Morgan fingerprint density at radius 2 is 2.25 bits per heavy atom. The van der Waals surface area contributed by atoms with Crippen LogP contribution in [0.4, 0.5) is 0 Å². The summed E-state index contributed by atoms with van der Waals surface area (Å²) in [6, 6.07) is 4.76. The Hall–Kier alpha value is -2.44. The van der Waals surface area contributed by atoms with Crippen LogP contribution in [0.3, 0.4) is 0 Å². The van der Waals surface area contributed by atoms with Crippen molar-refractivity contribution in [3.63, 3.8) is 0 Å². The number of phenols is 1. The molecule has 0 bridgehead atoms. The van der Waals surface area contributed by atoms with Crippen molar-refractivity contribution in [1.29, 1.82) is 0 Å². The fourth-order valence-electron chi connectivity index (χ4n) is 1.73. The van der Waals surface area contributed by atoms with Crippen molar-refractivity contribution >= 4 is 5.97 Å². The van der Waals surface area contributed by atoms with Gasteiger partial charge in [-0.1, -0.05) is 18.6 Å². The van der Waals surface area contributed by atoms with Gasteiger partial charge in [0.1, 0.15) is 11.3 Å². The number of esters is 1. The Balaban J connectivity index is 2.05. The van der Waals surface area contributed by atoms with E-state index >= 15 is 0 Å². The Labute approximate surface area is 116 Å². The minimum Gasteiger partial charge on any atom is -0.507 e. The number of aryl methyl sites for hydroxylation is 2. The highest BCUT2D eigenvalue weighted by Crippen LogP contribution is 2.19. The molecule has 0 atom stereocenters. The maximum absolute atomic E-state index is 11.9. The van der Waals surface area contributed by atoms with Crippen LogP contribution in [0.15, 0.2) is 18.2 Å². The molecule has 0 aliphatic carbocycles. The van der Waals surface area contributed by atoms with Gasteiger partial charge in [-0.05, 0) is 35.9 Å². The first-order valence-electron chi connectivity index (χ1n) is 6.33. The molecule has 0 saturated heterocycles. The van der Waals surface area contributed by atoms with Crippen LogP contribution in [-0.4, -0.2) is 31.3 Å². The van der Waals surface area contributed by atoms with Crippen LogP contribution in [0.25, 0.3) is 0 Å². The lowest BCUT2D eigenvalue weighted by molar-refractivity contribution is 0.0453. The molecule has 106 valence electrons. The molecular formula is C13H16N4O3. The maximum Gasteiger partial charge on any atom is 0.342 e. The third-order valence-corrected chi connectivity index (χ3v) is 2.75. The van der Waals surface area contributed by atoms with Crippen LogP contribution in [0.5, 0.6) is 5.75 Å². The van der Waals surface area contributed by atoms with Crippen LogP contribution in [0.2, 0.25) is 0 Å². The number of hydrogen-bond donors (Lipinski definition) is 1. The summed E-state index contributed by atoms with van der Waals surface area (Å²) in [5.74, 6) is -0.224. The van der Waals surface area contributed by atoms with Gasteiger partial charge in [-0.15, -0.1) is 5.10 Å². The van der Waals surface area contributed by atoms with E-state index in [1.807, 2.05) is 13.8 Å². The zero-order valence-electron chi connectivity index (χ0n) is 11.4. The normalized spacial score (nSPS) is 10.5. The largest absolute Gasteiger partial charge is 0.507 e. The van der Waals surface area contributed by atoms with Gasteiger partial charge in [0.05, 0.1) is 0 Å². The lowest BCUT2D eigenvalue weighted by Gasteiger charge is -2.07. The number of nitrogens with zero attached hydrogens (tertiary/aromatic N) is 4. The van der Waals surface area contributed by atoms with Crippen molar-refractivity contribution in [2.45, 2.75) is 33.4 Å². The molecule has 1 aromatic carbocycles. The van der Waals surface area contributed by atoms with E-state index in [4.69, 9.17) is 4.74 Å². The number of aromatic nitrogens is 4. The Kier molecular flexibility index (Phi) is 4.29. The summed E-state index contributed by atoms with van der Waals surface area (Å²) >= 11 is 0. The Morgan fingerprint density at radius 1 is 1.45 bits per heavy atom. The number of ether oxygens (including phenoxy) is 1. The summed E-state index contributed by atoms with van der Waals surface area (Å²) in [4.78, 5) is 11.9. The summed E-state index contributed by atoms with van der Waals surface area (Å²) < 4.78 is 6.72. The van der Waals surface area contributed by atoms with E-state index in [1.54, 1.807) is 16.8 Å². The molecule has 20 heavy (non-hydrogen) atoms. The summed E-state index contributed by atoms with van der Waals surface area (Å²) in [6.45, 7) is 4.47. The van der Waals surface area contributed by atoms with Crippen molar-refractivity contribution in [2.75, 3.05) is 0 Å². The van der Waals surface area contributed by atoms with E-state index in [0.29, 0.717) is 12.4 Å². The molecule has 0 aliphatic heterocycles. The number of benzene rings is 1. The first-order chi connectivity index (χ1) is 9.61. The van der Waals surface area contributed by atoms with Crippen molar-refractivity contribution in [1.82, 2.24) is 20.2 Å². The molecule has 0 aliphatic rings. The molecule has 7 heteroatoms. The van der Waals surface area contributed by atoms with Gasteiger partial charge in [0, 0.05) is 6.54 Å². The predicted octanol–water partition coefficient (Wildman–Crippen LogP) is 1.45. The smallest absolute Gasteiger partial charge is 0.342 e. The highest BCUT2D eigenvalue weighted by Gasteiger charge is 2.15. The van der Waals surface area contributed by atoms with Gasteiger partial charge >= 0.3 is 5.97 Å². The number of rotatable bonds is 5. The van der Waals surface area contributed by atoms with E-state index < -0.39 is 5.97 Å². The second-order valence-corrected chi connectivity index (χ2v) is 4.41. The molecule has 0 unspecified atom stereocenters. The second kappa shape index (κ2) is 6.14. The summed E-state index contributed by atoms with van der Waals surface area (Å²) in [6.07, 6.45) is 0.880. The average Bonchev–Trinajstić information content (AvgIpc) is 2.87. The number of carbonyl (C=O) groups excluding carboxylic acids is 1. The number of phenolic OH excluding ortho intramolecular Hbond substituents is 1. The molecule has 1 heterocycles. The molecule has 0 fully saturated rings. The van der Waals surface area contributed by atoms with E-state index in [-0.39, 0.29) is 17.9 Å². The maximum atomic E-state index is 11.9. The fourth-order valence-corrected chi connectivity index (χ4v) is 1.73. The van der Waals surface area contributed by atoms with Crippen LogP contribution in [0, 0.1) is 6.92 Å². The monoisotopic (exact) mass is 276 g/mol. The minimum absolute atomic E-state index is 0.0286. The molecule has 0 spiro atoms. The lowest BCUT2D eigenvalue weighted by atomic mass is 10.1. The van der Waals surface area contributed by atoms with E-state index in [2.05, 4.69) is 15.5 Å². The highest BCUT2D eigenvalue weighted by molar-refractivity contribution is 5.92. The molecule has 0 saturated carbocycles. The molecule has 0 amide bonds. The molecule has 2 aromatic rings. The molecule has 1 N–H and O–H groups in total. The van der Waals surface area contributed by atoms with Gasteiger partial charge in [-0.25, -0.2) is 9.48 Å². The van der Waals surface area contributed by atoms with Crippen LogP contribution < -0.4 is 0 Å². The number of carbonyl (C=O) groups is 1. The highest BCUT2D eigenvalue weighted by atomic mass is 16.5. The van der Waals surface area contributed by atoms with Gasteiger partial charge in [-0.2, -0.15) is 0 Å². The van der Waals surface area contributed by atoms with Gasteiger partial charge < -0.3 is 9.84 Å². The molecule has 2 rings (SSSR count). The van der Waals surface area contributed by atoms with Crippen LogP contribution in [-0.2, 0) is 17.9 Å². The number of hydrogen-bond acceptors (Lipinski definition) is 6. The Morgan fingerprint density at radius 3 is 3.00 bits per heavy atom. The quantitative estimate of drug-likeness (QED) is 0.831. The lowest BCUT2D eigenvalue weighted by Crippen LogP contribution is -2.11. The van der Waals surface area contributed by atoms with Crippen molar-refractivity contribution in [3.8, 4) is 5.75 Å². The van der Waals surface area contributed by atoms with E-state index in [0.717, 1.165) is 12.0 Å². The Bertz CT molecular complexity index is 609. The van der Waals surface area contributed by atoms with Crippen molar-refractivity contribution in [2.24, 2.45) is 0 Å². The predicted molar refractivity (Wildman–Crippen MR) is 70.1 cm³/mol. The SMILES string of the molecule is CCCn1nnnc1COC(=O)c1cc(C)ccc1O. The zero-order valence-corrected chi connectivity index (χ0v) is 11.4. The van der Waals surface area contributed by atoms with E-state index in [9.17, 15) is 9.90 Å². The first-order valence-corrected chi connectivity index (χ1v) is 6.33. The third kappa shape index (κ3) is 3.11. The van der Waals surface area contributed by atoms with Crippen molar-refractivity contribution < 1.29 is 14.6 Å². The van der Waals surface area contributed by atoms with Gasteiger partial charge in [-0.3, -0.25) is 0 Å². The van der Waals surface area contributed by atoms with Crippen molar-refractivity contribution in [3.05, 3.63) is 35.2 Å². The van der Waals surface area contributed by atoms with Crippen LogP contribution >= 0.6 is 0 Å². The fraction of sp³-hybridized carbons (Fsp3) is 0.385. The standard InChI is InChI=1S/C13H16N4O3/c1-3-6-17-12(14-15-16-17)8-20-13(19)10-7-9(2)4-5-11(10)18/h4-5,7,18H,3,6,8H2,1-2H3. The number of aromatic hydroxyl groups is 1. The first kappa shape index (κ1) is 14.0. The van der Waals surface area contributed by atoms with Gasteiger partial charge in [0.2, 0.25) is 0 Å². The van der Waals surface area contributed by atoms with Gasteiger partial charge in [0.15, 0.2) is 12.4 Å². The topological polar surface area (TPSA) is 90.1 Å². The second-order valence-electron chi connectivity index (χ2n) is 4.41. The molecule has 7 nitrogen and oxygen atoms in total. The third-order valence-electron chi connectivity index (χ3n) is 2.75. The minimum atomic E-state index is -0.600. The van der Waals surface area contributed by atoms with Gasteiger partial charge in [0.25, 0.3) is 0 Å². The van der Waals surface area contributed by atoms with E-state index in [1.165, 1.54) is 6.07 Å². The van der Waals surface area contributed by atoms with Crippen LogP contribution in [0.1, 0.15) is 35.1 Å². The number of tetrazole rings is 1. The summed E-state index contributed by atoms with van der Waals surface area (Å²) in [5, 5.41) is 20.8. The molecule has 0 radical (unpaired) electrons. The molecular weight excluding hydrogens is 260 g/mol. The average molecular weight is 276 g/mol. The summed E-state index contributed by atoms with van der Waals surface area (Å²) in [5.41, 5.74) is 1.00.